The second kappa shape index (κ2) is 7.75. The first-order valence-corrected chi connectivity index (χ1v) is 8.01. The number of halogens is 1. The van der Waals surface area contributed by atoms with Crippen molar-refractivity contribution in [2.75, 3.05) is 0 Å². The molecule has 0 radical (unpaired) electrons. The van der Waals surface area contributed by atoms with Crippen LogP contribution in [0.25, 0.3) is 0 Å². The van der Waals surface area contributed by atoms with Crippen molar-refractivity contribution in [3.63, 3.8) is 0 Å². The summed E-state index contributed by atoms with van der Waals surface area (Å²) >= 11 is 5.92. The zero-order chi connectivity index (χ0) is 19.4. The van der Waals surface area contributed by atoms with Crippen LogP contribution in [0.5, 0.6) is 5.88 Å². The SMILES string of the molecule is O=C(NN=Cc1c(O)n(Cc2ccco2)c(=O)[nH]c1=O)c1ccccc1Cl. The molecular weight excluding hydrogens is 376 g/mol. The molecule has 0 fully saturated rings. The maximum atomic E-state index is 12.0. The standard InChI is InChI=1S/C17H13ClN4O5/c18-13-6-2-1-5-11(13)15(24)21-19-8-12-14(23)20-17(26)22(16(12)25)9-10-4-3-7-27-10/h1-8,25H,9H2,(H,21,24)(H,20,23,26). The Morgan fingerprint density at radius 2 is 2.07 bits per heavy atom. The highest BCUT2D eigenvalue weighted by molar-refractivity contribution is 6.33. The summed E-state index contributed by atoms with van der Waals surface area (Å²) in [6.45, 7) is -0.0960. The van der Waals surface area contributed by atoms with E-state index in [0.29, 0.717) is 5.76 Å². The average molecular weight is 389 g/mol. The van der Waals surface area contributed by atoms with Crippen molar-refractivity contribution in [2.24, 2.45) is 5.10 Å². The number of furan rings is 1. The van der Waals surface area contributed by atoms with Crippen LogP contribution in [0, 0.1) is 0 Å². The maximum absolute atomic E-state index is 12.0. The lowest BCUT2D eigenvalue weighted by molar-refractivity contribution is 0.0955. The first kappa shape index (κ1) is 18.2. The molecule has 0 saturated carbocycles. The van der Waals surface area contributed by atoms with Crippen molar-refractivity contribution in [3.8, 4) is 5.88 Å². The van der Waals surface area contributed by atoms with E-state index in [1.165, 1.54) is 12.3 Å². The number of amides is 1. The Hall–Kier alpha value is -3.59. The molecule has 10 heteroatoms. The van der Waals surface area contributed by atoms with Gasteiger partial charge in [0.25, 0.3) is 11.5 Å². The number of rotatable bonds is 5. The van der Waals surface area contributed by atoms with Crippen molar-refractivity contribution < 1.29 is 14.3 Å². The molecule has 0 spiro atoms. The Balaban J connectivity index is 1.85. The number of H-pyrrole nitrogens is 1. The molecule has 0 aliphatic heterocycles. The summed E-state index contributed by atoms with van der Waals surface area (Å²) in [4.78, 5) is 38.0. The van der Waals surface area contributed by atoms with Gasteiger partial charge in [-0.1, -0.05) is 23.7 Å². The Bertz CT molecular complexity index is 1120. The molecule has 138 valence electrons. The lowest BCUT2D eigenvalue weighted by Crippen LogP contribution is -2.32. The predicted octanol–water partition coefficient (Wildman–Crippen LogP) is 1.30. The molecule has 3 N–H and O–H groups in total. The summed E-state index contributed by atoms with van der Waals surface area (Å²) in [5.41, 5.74) is 0.414. The van der Waals surface area contributed by atoms with E-state index in [-0.39, 0.29) is 22.7 Å². The van der Waals surface area contributed by atoms with E-state index in [0.717, 1.165) is 10.8 Å². The minimum absolute atomic E-state index is 0.0960. The largest absolute Gasteiger partial charge is 0.494 e. The van der Waals surface area contributed by atoms with Gasteiger partial charge in [0.05, 0.1) is 29.6 Å². The Labute approximate surface area is 156 Å². The van der Waals surface area contributed by atoms with E-state index >= 15 is 0 Å². The molecule has 0 unspecified atom stereocenters. The van der Waals surface area contributed by atoms with E-state index in [1.807, 2.05) is 0 Å². The van der Waals surface area contributed by atoms with Gasteiger partial charge in [-0.2, -0.15) is 5.10 Å². The first-order chi connectivity index (χ1) is 13.0. The normalized spacial score (nSPS) is 11.0. The molecule has 0 bridgehead atoms. The van der Waals surface area contributed by atoms with Gasteiger partial charge in [0, 0.05) is 0 Å². The van der Waals surface area contributed by atoms with Crippen LogP contribution >= 0.6 is 11.6 Å². The molecule has 0 atom stereocenters. The number of carbonyl (C=O) groups excluding carboxylic acids is 1. The topological polar surface area (TPSA) is 130 Å². The van der Waals surface area contributed by atoms with Crippen molar-refractivity contribution in [1.29, 1.82) is 0 Å². The summed E-state index contributed by atoms with van der Waals surface area (Å²) in [6.07, 6.45) is 2.34. The maximum Gasteiger partial charge on any atom is 0.331 e. The lowest BCUT2D eigenvalue weighted by Gasteiger charge is -2.08. The zero-order valence-corrected chi connectivity index (χ0v) is 14.4. The molecule has 0 aliphatic rings. The molecule has 1 aromatic carbocycles. The second-order valence-corrected chi connectivity index (χ2v) is 5.75. The number of hydrogen-bond donors (Lipinski definition) is 3. The van der Waals surface area contributed by atoms with Gasteiger partial charge >= 0.3 is 5.69 Å². The third kappa shape index (κ3) is 3.98. The number of benzene rings is 1. The van der Waals surface area contributed by atoms with E-state index < -0.39 is 23.0 Å². The van der Waals surface area contributed by atoms with E-state index in [4.69, 9.17) is 16.0 Å². The number of hydrazone groups is 1. The van der Waals surface area contributed by atoms with Crippen LogP contribution in [-0.4, -0.2) is 26.8 Å². The van der Waals surface area contributed by atoms with Crippen LogP contribution < -0.4 is 16.7 Å². The van der Waals surface area contributed by atoms with Gasteiger partial charge in [-0.05, 0) is 24.3 Å². The number of aromatic amines is 1. The van der Waals surface area contributed by atoms with Gasteiger partial charge in [-0.25, -0.2) is 10.2 Å². The van der Waals surface area contributed by atoms with Crippen LogP contribution in [-0.2, 0) is 6.54 Å². The van der Waals surface area contributed by atoms with Crippen molar-refractivity contribution in [1.82, 2.24) is 15.0 Å². The molecule has 0 saturated heterocycles. The number of carbonyl (C=O) groups is 1. The highest BCUT2D eigenvalue weighted by Gasteiger charge is 2.14. The molecule has 27 heavy (non-hydrogen) atoms. The molecule has 1 amide bonds. The fourth-order valence-corrected chi connectivity index (χ4v) is 2.48. The number of nitrogens with one attached hydrogen (secondary N) is 2. The summed E-state index contributed by atoms with van der Waals surface area (Å²) in [5.74, 6) is -0.818. The van der Waals surface area contributed by atoms with E-state index in [9.17, 15) is 19.5 Å². The summed E-state index contributed by atoms with van der Waals surface area (Å²) in [6, 6.07) is 9.57. The van der Waals surface area contributed by atoms with Crippen LogP contribution in [0.3, 0.4) is 0 Å². The Morgan fingerprint density at radius 3 is 2.78 bits per heavy atom. The van der Waals surface area contributed by atoms with Gasteiger partial charge in [-0.3, -0.25) is 19.1 Å². The van der Waals surface area contributed by atoms with Gasteiger partial charge in [0.2, 0.25) is 5.88 Å². The summed E-state index contributed by atoms with van der Waals surface area (Å²) in [5, 5.41) is 14.1. The van der Waals surface area contributed by atoms with Gasteiger partial charge < -0.3 is 9.52 Å². The Morgan fingerprint density at radius 1 is 1.30 bits per heavy atom. The molecule has 2 heterocycles. The van der Waals surface area contributed by atoms with E-state index in [1.54, 1.807) is 30.3 Å². The number of hydrogen-bond acceptors (Lipinski definition) is 6. The summed E-state index contributed by atoms with van der Waals surface area (Å²) < 4.78 is 6.02. The van der Waals surface area contributed by atoms with Crippen LogP contribution in [0.2, 0.25) is 5.02 Å². The van der Waals surface area contributed by atoms with Crippen LogP contribution in [0.4, 0.5) is 0 Å². The fraction of sp³-hybridized carbons (Fsp3) is 0.0588. The van der Waals surface area contributed by atoms with E-state index in [2.05, 4.69) is 15.5 Å². The minimum atomic E-state index is -0.857. The first-order valence-electron chi connectivity index (χ1n) is 7.63. The minimum Gasteiger partial charge on any atom is -0.494 e. The fourth-order valence-electron chi connectivity index (χ4n) is 2.26. The number of aromatic nitrogens is 2. The monoisotopic (exact) mass is 388 g/mol. The molecule has 2 aromatic heterocycles. The van der Waals surface area contributed by atoms with Crippen LogP contribution in [0.1, 0.15) is 21.7 Å². The quantitative estimate of drug-likeness (QED) is 0.448. The highest BCUT2D eigenvalue weighted by atomic mass is 35.5. The second-order valence-electron chi connectivity index (χ2n) is 5.34. The molecule has 3 aromatic rings. The van der Waals surface area contributed by atoms with Crippen molar-refractivity contribution in [2.45, 2.75) is 6.54 Å². The smallest absolute Gasteiger partial charge is 0.331 e. The van der Waals surface area contributed by atoms with Gasteiger partial charge in [-0.15, -0.1) is 0 Å². The lowest BCUT2D eigenvalue weighted by atomic mass is 10.2. The molecule has 9 nitrogen and oxygen atoms in total. The average Bonchev–Trinajstić information content (AvgIpc) is 3.15. The zero-order valence-electron chi connectivity index (χ0n) is 13.7. The molecule has 0 aliphatic carbocycles. The number of nitrogens with zero attached hydrogens (tertiary/aromatic N) is 2. The number of aromatic hydroxyl groups is 1. The molecule has 3 rings (SSSR count). The Kier molecular flexibility index (Phi) is 5.23. The van der Waals surface area contributed by atoms with Crippen molar-refractivity contribution in [3.05, 3.63) is 85.4 Å². The highest BCUT2D eigenvalue weighted by Crippen LogP contribution is 2.14. The van der Waals surface area contributed by atoms with Crippen LogP contribution in [0.15, 0.2) is 61.8 Å². The molecular formula is C17H13ClN4O5. The third-order valence-corrected chi connectivity index (χ3v) is 3.91. The van der Waals surface area contributed by atoms with Gasteiger partial charge in [0.1, 0.15) is 11.3 Å². The van der Waals surface area contributed by atoms with Gasteiger partial charge in [0.15, 0.2) is 0 Å². The summed E-state index contributed by atoms with van der Waals surface area (Å²) in [7, 11) is 0. The third-order valence-electron chi connectivity index (χ3n) is 3.58. The van der Waals surface area contributed by atoms with Crippen molar-refractivity contribution >= 4 is 23.7 Å². The predicted molar refractivity (Wildman–Crippen MR) is 97.3 cm³/mol.